The maximum atomic E-state index is 12.0. The molecule has 132 valence electrons. The summed E-state index contributed by atoms with van der Waals surface area (Å²) in [5.74, 6) is -0.283. The molecule has 0 aromatic heterocycles. The van der Waals surface area contributed by atoms with Crippen molar-refractivity contribution in [3.8, 4) is 11.5 Å². The molecule has 24 heavy (non-hydrogen) atoms. The number of ether oxygens (including phenoxy) is 2. The first kappa shape index (κ1) is 18.1. The normalized spacial score (nSPS) is 17.2. The van der Waals surface area contributed by atoms with Crippen molar-refractivity contribution in [1.29, 1.82) is 0 Å². The highest BCUT2D eigenvalue weighted by Crippen LogP contribution is 2.28. The van der Waals surface area contributed by atoms with Crippen LogP contribution in [0.5, 0.6) is 11.5 Å². The lowest BCUT2D eigenvalue weighted by molar-refractivity contribution is -0.141. The summed E-state index contributed by atoms with van der Waals surface area (Å²) < 4.78 is 11.1. The monoisotopic (exact) mass is 335 g/mol. The Labute approximate surface area is 142 Å². The molecule has 1 N–H and O–H groups in total. The van der Waals surface area contributed by atoms with Crippen LogP contribution in [0, 0.1) is 5.92 Å². The number of methoxy groups -OCH3 is 1. The Bertz CT molecular complexity index is 587. The van der Waals surface area contributed by atoms with Gasteiger partial charge in [0.2, 0.25) is 5.91 Å². The van der Waals surface area contributed by atoms with Gasteiger partial charge >= 0.3 is 5.97 Å². The molecule has 2 rings (SSSR count). The number of likely N-dealkylation sites (tertiary alicyclic amines) is 1. The Morgan fingerprint density at radius 1 is 1.38 bits per heavy atom. The molecule has 1 fully saturated rings. The fourth-order valence-electron chi connectivity index (χ4n) is 2.76. The van der Waals surface area contributed by atoms with E-state index in [-0.39, 0.29) is 18.9 Å². The number of carbonyl (C=O) groups excluding carboxylic acids is 1. The number of carbonyl (C=O) groups is 2. The number of hydrogen-bond donors (Lipinski definition) is 1. The minimum Gasteiger partial charge on any atom is -0.497 e. The standard InChI is InChI=1S/C18H25NO5/c1-3-4-5-8-24-16-10-15(23-2)7-6-13(16)11-19-12-14(18(21)22)9-17(19)20/h6-7,10,14H,3-5,8-9,11-12H2,1-2H3,(H,21,22). The highest BCUT2D eigenvalue weighted by molar-refractivity contribution is 5.86. The third kappa shape index (κ3) is 4.63. The van der Waals surface area contributed by atoms with Crippen LogP contribution >= 0.6 is 0 Å². The van der Waals surface area contributed by atoms with E-state index in [2.05, 4.69) is 6.92 Å². The molecule has 1 amide bonds. The van der Waals surface area contributed by atoms with Crippen molar-refractivity contribution in [2.45, 2.75) is 39.2 Å². The molecule has 0 radical (unpaired) electrons. The van der Waals surface area contributed by atoms with Crippen molar-refractivity contribution in [2.75, 3.05) is 20.3 Å². The van der Waals surface area contributed by atoms with Gasteiger partial charge in [0.1, 0.15) is 11.5 Å². The van der Waals surface area contributed by atoms with E-state index >= 15 is 0 Å². The fourth-order valence-corrected chi connectivity index (χ4v) is 2.76. The van der Waals surface area contributed by atoms with Crippen LogP contribution in [0.2, 0.25) is 0 Å². The van der Waals surface area contributed by atoms with Crippen LogP contribution < -0.4 is 9.47 Å². The molecule has 1 heterocycles. The SMILES string of the molecule is CCCCCOc1cc(OC)ccc1CN1CC(C(=O)O)CC1=O. The molecule has 1 aliphatic heterocycles. The number of aliphatic carboxylic acids is 1. The van der Waals surface area contributed by atoms with Gasteiger partial charge in [-0.1, -0.05) is 19.8 Å². The number of hydrogen-bond acceptors (Lipinski definition) is 4. The second kappa shape index (κ2) is 8.57. The zero-order valence-electron chi connectivity index (χ0n) is 14.3. The molecule has 6 nitrogen and oxygen atoms in total. The molecule has 0 spiro atoms. The average Bonchev–Trinajstić information content (AvgIpc) is 2.94. The summed E-state index contributed by atoms with van der Waals surface area (Å²) in [5.41, 5.74) is 0.867. The van der Waals surface area contributed by atoms with E-state index in [0.717, 1.165) is 24.8 Å². The van der Waals surface area contributed by atoms with Gasteiger partial charge in [-0.15, -0.1) is 0 Å². The molecule has 1 unspecified atom stereocenters. The Hall–Kier alpha value is -2.24. The van der Waals surface area contributed by atoms with E-state index in [9.17, 15) is 9.59 Å². The van der Waals surface area contributed by atoms with Crippen molar-refractivity contribution in [3.63, 3.8) is 0 Å². The second-order valence-electron chi connectivity index (χ2n) is 6.04. The van der Waals surface area contributed by atoms with Gasteiger partial charge in [-0.2, -0.15) is 0 Å². The molecular formula is C18H25NO5. The summed E-state index contributed by atoms with van der Waals surface area (Å²) >= 11 is 0. The molecule has 0 bridgehead atoms. The third-order valence-corrected chi connectivity index (χ3v) is 4.20. The molecule has 1 atom stereocenters. The van der Waals surface area contributed by atoms with Gasteiger partial charge in [-0.3, -0.25) is 9.59 Å². The lowest BCUT2D eigenvalue weighted by Crippen LogP contribution is -2.26. The third-order valence-electron chi connectivity index (χ3n) is 4.20. The number of carboxylic acids is 1. The van der Waals surface area contributed by atoms with E-state index in [1.54, 1.807) is 12.0 Å². The molecule has 1 aromatic carbocycles. The number of unbranched alkanes of at least 4 members (excludes halogenated alkanes) is 2. The van der Waals surface area contributed by atoms with E-state index in [1.807, 2.05) is 18.2 Å². The van der Waals surface area contributed by atoms with Crippen molar-refractivity contribution in [2.24, 2.45) is 5.92 Å². The molecular weight excluding hydrogens is 310 g/mol. The van der Waals surface area contributed by atoms with E-state index in [0.29, 0.717) is 24.7 Å². The largest absolute Gasteiger partial charge is 0.497 e. The van der Waals surface area contributed by atoms with E-state index < -0.39 is 11.9 Å². The molecule has 1 aromatic rings. The smallest absolute Gasteiger partial charge is 0.308 e. The lowest BCUT2D eigenvalue weighted by Gasteiger charge is -2.19. The summed E-state index contributed by atoms with van der Waals surface area (Å²) in [6.45, 7) is 3.35. The molecule has 0 saturated carbocycles. The van der Waals surface area contributed by atoms with Crippen molar-refractivity contribution >= 4 is 11.9 Å². The summed E-state index contributed by atoms with van der Waals surface area (Å²) in [5, 5.41) is 9.08. The summed E-state index contributed by atoms with van der Waals surface area (Å²) in [4.78, 5) is 24.7. The predicted molar refractivity (Wildman–Crippen MR) is 89.2 cm³/mol. The van der Waals surface area contributed by atoms with Crippen molar-refractivity contribution in [1.82, 2.24) is 4.90 Å². The second-order valence-corrected chi connectivity index (χ2v) is 6.04. The highest BCUT2D eigenvalue weighted by atomic mass is 16.5. The van der Waals surface area contributed by atoms with E-state index in [4.69, 9.17) is 14.6 Å². The molecule has 1 aliphatic rings. The number of rotatable bonds is 9. The Morgan fingerprint density at radius 3 is 2.79 bits per heavy atom. The number of carboxylic acid groups (broad SMARTS) is 1. The molecule has 0 aliphatic carbocycles. The maximum Gasteiger partial charge on any atom is 0.308 e. The summed E-state index contributed by atoms with van der Waals surface area (Å²) in [7, 11) is 1.59. The maximum absolute atomic E-state index is 12.0. The van der Waals surface area contributed by atoms with Crippen molar-refractivity contribution < 1.29 is 24.2 Å². The summed E-state index contributed by atoms with van der Waals surface area (Å²) in [6.07, 6.45) is 3.26. The molecule has 6 heteroatoms. The first-order chi connectivity index (χ1) is 11.5. The quantitative estimate of drug-likeness (QED) is 0.702. The Balaban J connectivity index is 2.08. The number of amides is 1. The van der Waals surface area contributed by atoms with E-state index in [1.165, 1.54) is 0 Å². The van der Waals surface area contributed by atoms with Gasteiger partial charge in [-0.05, 0) is 18.6 Å². The van der Waals surface area contributed by atoms with Crippen LogP contribution in [0.3, 0.4) is 0 Å². The Morgan fingerprint density at radius 2 is 2.17 bits per heavy atom. The van der Waals surface area contributed by atoms with Gasteiger partial charge in [-0.25, -0.2) is 0 Å². The number of benzene rings is 1. The van der Waals surface area contributed by atoms with Crippen LogP contribution in [-0.4, -0.2) is 42.1 Å². The number of nitrogens with zero attached hydrogens (tertiary/aromatic N) is 1. The van der Waals surface area contributed by atoms with Crippen molar-refractivity contribution in [3.05, 3.63) is 23.8 Å². The van der Waals surface area contributed by atoms with Gasteiger partial charge in [0.05, 0.1) is 19.6 Å². The highest BCUT2D eigenvalue weighted by Gasteiger charge is 2.34. The first-order valence-corrected chi connectivity index (χ1v) is 8.35. The first-order valence-electron chi connectivity index (χ1n) is 8.35. The Kier molecular flexibility index (Phi) is 6.46. The zero-order valence-corrected chi connectivity index (χ0v) is 14.3. The fraction of sp³-hybridized carbons (Fsp3) is 0.556. The van der Waals surface area contributed by atoms with Crippen LogP contribution in [-0.2, 0) is 16.1 Å². The molecule has 1 saturated heterocycles. The van der Waals surface area contributed by atoms with Gasteiger partial charge in [0, 0.05) is 31.1 Å². The van der Waals surface area contributed by atoms with Crippen LogP contribution in [0.25, 0.3) is 0 Å². The average molecular weight is 335 g/mol. The van der Waals surface area contributed by atoms with Gasteiger partial charge < -0.3 is 19.5 Å². The lowest BCUT2D eigenvalue weighted by atomic mass is 10.1. The van der Waals surface area contributed by atoms with Gasteiger partial charge in [0.15, 0.2) is 0 Å². The minimum absolute atomic E-state index is 0.0676. The van der Waals surface area contributed by atoms with Crippen LogP contribution in [0.1, 0.15) is 38.2 Å². The van der Waals surface area contributed by atoms with Crippen LogP contribution in [0.4, 0.5) is 0 Å². The predicted octanol–water partition coefficient (Wildman–Crippen LogP) is 2.70. The zero-order chi connectivity index (χ0) is 17.5. The topological polar surface area (TPSA) is 76.1 Å². The summed E-state index contributed by atoms with van der Waals surface area (Å²) in [6, 6.07) is 5.51. The minimum atomic E-state index is -0.920. The van der Waals surface area contributed by atoms with Gasteiger partial charge in [0.25, 0.3) is 0 Å². The van der Waals surface area contributed by atoms with Crippen LogP contribution in [0.15, 0.2) is 18.2 Å².